The molecular formula is C30H36FN3O3. The van der Waals surface area contributed by atoms with E-state index in [-0.39, 0.29) is 35.5 Å². The lowest BCUT2D eigenvalue weighted by Gasteiger charge is -2.27. The minimum absolute atomic E-state index is 0.00944. The Labute approximate surface area is 217 Å². The Hall–Kier alpha value is -2.96. The summed E-state index contributed by atoms with van der Waals surface area (Å²) in [6, 6.07) is 6.67. The molecule has 5 atom stereocenters. The minimum atomic E-state index is -0.840. The maximum Gasteiger partial charge on any atom is 0.309 e. The minimum Gasteiger partial charge on any atom is -0.481 e. The van der Waals surface area contributed by atoms with Gasteiger partial charge >= 0.3 is 5.97 Å². The summed E-state index contributed by atoms with van der Waals surface area (Å²) in [4.78, 5) is 25.8. The molecule has 0 saturated heterocycles. The van der Waals surface area contributed by atoms with Crippen molar-refractivity contribution in [2.75, 3.05) is 0 Å². The number of amides is 1. The number of fused-ring (bicyclic) bond motifs is 3. The first-order valence-corrected chi connectivity index (χ1v) is 14.1. The summed E-state index contributed by atoms with van der Waals surface area (Å²) in [5.74, 6) is -1.60. The fraction of sp³-hybridized carbons (Fsp3) is 0.567. The molecule has 1 aromatic carbocycles. The predicted molar refractivity (Wildman–Crippen MR) is 138 cm³/mol. The Morgan fingerprint density at radius 3 is 2.49 bits per heavy atom. The van der Waals surface area contributed by atoms with Gasteiger partial charge in [0, 0.05) is 23.2 Å². The van der Waals surface area contributed by atoms with Gasteiger partial charge < -0.3 is 10.4 Å². The van der Waals surface area contributed by atoms with Crippen LogP contribution in [0.3, 0.4) is 0 Å². The smallest absolute Gasteiger partial charge is 0.309 e. The van der Waals surface area contributed by atoms with E-state index in [1.807, 2.05) is 18.2 Å². The van der Waals surface area contributed by atoms with E-state index in [9.17, 15) is 19.1 Å². The third-order valence-electron chi connectivity index (χ3n) is 9.24. The Balaban J connectivity index is 1.35. The van der Waals surface area contributed by atoms with E-state index in [1.165, 1.54) is 37.1 Å². The number of carbonyl (C=O) groups is 2. The standard InChI is InChI=1S/C30H36FN3O3/c31-22-14-10-18(11-15-22)16-21-6-4-5-9-24-27(33-34(28(21)24)23-7-2-1-3-8-23)29(35)32-26-20-13-12-19(17-20)25(26)30(36)37/h10-15,19-21,23,25-26H,1-9,16-17H2,(H,32,35)(H,36,37)/t19?,20?,21?,25-,26+/m0/s1. The van der Waals surface area contributed by atoms with Gasteiger partial charge in [-0.1, -0.05) is 50.0 Å². The molecule has 2 fully saturated rings. The van der Waals surface area contributed by atoms with E-state index >= 15 is 0 Å². The average Bonchev–Trinajstić information content (AvgIpc) is 3.57. The largest absolute Gasteiger partial charge is 0.481 e. The van der Waals surface area contributed by atoms with Crippen molar-refractivity contribution in [3.8, 4) is 0 Å². The average molecular weight is 506 g/mol. The van der Waals surface area contributed by atoms with Crippen molar-refractivity contribution in [3.63, 3.8) is 0 Å². The van der Waals surface area contributed by atoms with Crippen molar-refractivity contribution < 1.29 is 19.1 Å². The van der Waals surface area contributed by atoms with Gasteiger partial charge in [0.2, 0.25) is 0 Å². The van der Waals surface area contributed by atoms with Crippen LogP contribution in [0.2, 0.25) is 0 Å². The molecule has 0 aliphatic heterocycles. The summed E-state index contributed by atoms with van der Waals surface area (Å²) in [7, 11) is 0. The van der Waals surface area contributed by atoms with Crippen molar-refractivity contribution in [1.29, 1.82) is 0 Å². The molecule has 0 spiro atoms. The number of rotatable bonds is 6. The lowest BCUT2D eigenvalue weighted by Crippen LogP contribution is -2.46. The van der Waals surface area contributed by atoms with Gasteiger partial charge in [-0.15, -0.1) is 0 Å². The second-order valence-electron chi connectivity index (χ2n) is 11.5. The number of benzene rings is 1. The van der Waals surface area contributed by atoms with Gasteiger partial charge in [-0.25, -0.2) is 4.39 Å². The number of nitrogens with one attached hydrogen (secondary N) is 1. The molecule has 196 valence electrons. The highest BCUT2D eigenvalue weighted by Crippen LogP contribution is 2.44. The molecule has 3 unspecified atom stereocenters. The van der Waals surface area contributed by atoms with Crippen LogP contribution >= 0.6 is 0 Å². The number of hydrogen-bond acceptors (Lipinski definition) is 3. The van der Waals surface area contributed by atoms with Crippen LogP contribution in [-0.4, -0.2) is 32.8 Å². The lowest BCUT2D eigenvalue weighted by atomic mass is 9.88. The maximum absolute atomic E-state index is 13.8. The predicted octanol–water partition coefficient (Wildman–Crippen LogP) is 5.59. The zero-order valence-corrected chi connectivity index (χ0v) is 21.2. The van der Waals surface area contributed by atoms with Crippen LogP contribution in [0.25, 0.3) is 0 Å². The van der Waals surface area contributed by atoms with Gasteiger partial charge in [-0.2, -0.15) is 5.10 Å². The van der Waals surface area contributed by atoms with E-state index in [0.29, 0.717) is 5.69 Å². The first-order chi connectivity index (χ1) is 18.0. The molecular weight excluding hydrogens is 469 g/mol. The number of hydrogen-bond donors (Lipinski definition) is 2. The summed E-state index contributed by atoms with van der Waals surface area (Å²) in [5, 5.41) is 18.0. The molecule has 1 aromatic heterocycles. The Morgan fingerprint density at radius 1 is 1.00 bits per heavy atom. The van der Waals surface area contributed by atoms with Crippen LogP contribution in [0.4, 0.5) is 4.39 Å². The molecule has 6 nitrogen and oxygen atoms in total. The van der Waals surface area contributed by atoms with Crippen LogP contribution in [0.5, 0.6) is 0 Å². The van der Waals surface area contributed by atoms with Crippen molar-refractivity contribution in [1.82, 2.24) is 15.1 Å². The number of carboxylic acids is 1. The molecule has 4 aliphatic carbocycles. The number of carboxylic acid groups (broad SMARTS) is 1. The van der Waals surface area contributed by atoms with Crippen molar-refractivity contribution >= 4 is 11.9 Å². The molecule has 4 aliphatic rings. The van der Waals surface area contributed by atoms with Crippen LogP contribution in [0, 0.1) is 23.6 Å². The summed E-state index contributed by atoms with van der Waals surface area (Å²) in [6.07, 6.45) is 15.2. The number of halogens is 1. The maximum atomic E-state index is 13.8. The summed E-state index contributed by atoms with van der Waals surface area (Å²) in [6.45, 7) is 0. The van der Waals surface area contributed by atoms with E-state index in [1.54, 1.807) is 0 Å². The van der Waals surface area contributed by atoms with Gasteiger partial charge in [0.25, 0.3) is 5.91 Å². The van der Waals surface area contributed by atoms with E-state index in [2.05, 4.69) is 16.1 Å². The summed E-state index contributed by atoms with van der Waals surface area (Å²) < 4.78 is 15.7. The molecule has 37 heavy (non-hydrogen) atoms. The van der Waals surface area contributed by atoms with Crippen LogP contribution in [0.1, 0.15) is 97.1 Å². The summed E-state index contributed by atoms with van der Waals surface area (Å²) >= 11 is 0. The second-order valence-corrected chi connectivity index (χ2v) is 11.5. The monoisotopic (exact) mass is 505 g/mol. The zero-order chi connectivity index (χ0) is 25.5. The Bertz CT molecular complexity index is 1200. The van der Waals surface area contributed by atoms with E-state index in [0.717, 1.165) is 62.5 Å². The Morgan fingerprint density at radius 2 is 1.73 bits per heavy atom. The fourth-order valence-electron chi connectivity index (χ4n) is 7.46. The van der Waals surface area contributed by atoms with Gasteiger partial charge in [-0.05, 0) is 74.5 Å². The molecule has 1 heterocycles. The van der Waals surface area contributed by atoms with Crippen LogP contribution in [-0.2, 0) is 17.6 Å². The molecule has 0 radical (unpaired) electrons. The normalized spacial score (nSPS) is 29.2. The number of carbonyl (C=O) groups excluding carboxylic acids is 1. The number of aromatic nitrogens is 2. The van der Waals surface area contributed by atoms with Crippen molar-refractivity contribution in [3.05, 3.63) is 64.7 Å². The lowest BCUT2D eigenvalue weighted by molar-refractivity contribution is -0.143. The van der Waals surface area contributed by atoms with Crippen molar-refractivity contribution in [2.45, 2.75) is 88.6 Å². The molecule has 2 saturated carbocycles. The third kappa shape index (κ3) is 4.62. The Kier molecular flexibility index (Phi) is 6.63. The molecule has 2 bridgehead atoms. The second kappa shape index (κ2) is 10.1. The van der Waals surface area contributed by atoms with Gasteiger partial charge in [0.05, 0.1) is 12.0 Å². The van der Waals surface area contributed by atoms with Crippen LogP contribution in [0.15, 0.2) is 36.4 Å². The highest BCUT2D eigenvalue weighted by Gasteiger charge is 2.49. The SMILES string of the molecule is O=C(N[C@@H]1C2C=CC(C2)[C@@H]1C(=O)O)c1nn(C2CCCCC2)c2c1CCCCC2Cc1ccc(F)cc1. The summed E-state index contributed by atoms with van der Waals surface area (Å²) in [5.41, 5.74) is 3.81. The first-order valence-electron chi connectivity index (χ1n) is 14.1. The molecule has 7 heteroatoms. The third-order valence-corrected chi connectivity index (χ3v) is 9.24. The van der Waals surface area contributed by atoms with E-state index in [4.69, 9.17) is 5.10 Å². The van der Waals surface area contributed by atoms with Gasteiger partial charge in [0.1, 0.15) is 5.82 Å². The molecule has 6 rings (SSSR count). The number of allylic oxidation sites excluding steroid dienone is 1. The fourth-order valence-corrected chi connectivity index (χ4v) is 7.46. The first kappa shape index (κ1) is 24.4. The zero-order valence-electron chi connectivity index (χ0n) is 21.2. The molecule has 1 amide bonds. The number of nitrogens with zero attached hydrogens (tertiary/aromatic N) is 2. The van der Waals surface area contributed by atoms with Gasteiger partial charge in [0.15, 0.2) is 5.69 Å². The van der Waals surface area contributed by atoms with E-state index < -0.39 is 17.9 Å². The molecule has 2 aromatic rings. The number of aliphatic carboxylic acids is 1. The van der Waals surface area contributed by atoms with Gasteiger partial charge in [-0.3, -0.25) is 14.3 Å². The molecule has 2 N–H and O–H groups in total. The quantitative estimate of drug-likeness (QED) is 0.396. The topological polar surface area (TPSA) is 84.2 Å². The highest BCUT2D eigenvalue weighted by atomic mass is 19.1. The van der Waals surface area contributed by atoms with Crippen LogP contribution < -0.4 is 5.32 Å². The highest BCUT2D eigenvalue weighted by molar-refractivity contribution is 5.95. The van der Waals surface area contributed by atoms with Crippen molar-refractivity contribution in [2.24, 2.45) is 17.8 Å².